The summed E-state index contributed by atoms with van der Waals surface area (Å²) in [6.07, 6.45) is 0. The Kier molecular flexibility index (Phi) is 7.48. The first-order chi connectivity index (χ1) is 8.38. The van der Waals surface area contributed by atoms with Gasteiger partial charge in [0.25, 0.3) is 0 Å². The summed E-state index contributed by atoms with van der Waals surface area (Å²) in [5.41, 5.74) is 0.110. The number of nitrogens with one attached hydrogen (secondary N) is 2. The largest absolute Gasteiger partial charge is 0.480 e. The monoisotopic (exact) mass is 259 g/mol. The summed E-state index contributed by atoms with van der Waals surface area (Å²) in [7, 11) is 1.51. The second-order valence-corrected chi connectivity index (χ2v) is 3.52. The molecule has 0 rings (SSSR count). The van der Waals surface area contributed by atoms with E-state index in [4.69, 9.17) is 15.3 Å². The first-order valence-electron chi connectivity index (χ1n) is 5.16. The lowest BCUT2D eigenvalue weighted by molar-refractivity contribution is -0.140. The molecule has 8 nitrogen and oxygen atoms in total. The minimum Gasteiger partial charge on any atom is -0.480 e. The highest BCUT2D eigenvalue weighted by Gasteiger charge is 2.14. The predicted octanol–water partition coefficient (Wildman–Crippen LogP) is -0.366. The van der Waals surface area contributed by atoms with Crippen LogP contribution < -0.4 is 5.32 Å². The summed E-state index contributed by atoms with van der Waals surface area (Å²) >= 11 is 0. The fourth-order valence-electron chi connectivity index (χ4n) is 0.817. The van der Waals surface area contributed by atoms with Crippen LogP contribution in [0.25, 0.3) is 0 Å². The van der Waals surface area contributed by atoms with E-state index in [1.807, 2.05) is 0 Å². The number of nitrogens with zero attached hydrogens (tertiary/aromatic N) is 1. The Morgan fingerprint density at radius 3 is 2.50 bits per heavy atom. The van der Waals surface area contributed by atoms with Gasteiger partial charge in [0.1, 0.15) is 11.8 Å². The molecule has 0 aliphatic heterocycles. The van der Waals surface area contributed by atoms with Crippen LogP contribution in [0.15, 0.2) is 5.16 Å². The summed E-state index contributed by atoms with van der Waals surface area (Å²) in [6, 6.07) is -0.802. The maximum atomic E-state index is 10.9. The number of likely N-dealkylation sites (N-methyl/N-ethyl adjacent to an activating group) is 1. The first-order valence-corrected chi connectivity index (χ1v) is 5.16. The van der Waals surface area contributed by atoms with Gasteiger partial charge in [0.2, 0.25) is 0 Å². The zero-order valence-corrected chi connectivity index (χ0v) is 10.5. The number of carbonyl (C=O) groups excluding carboxylic acids is 1. The molecule has 102 valence electrons. The third-order valence-corrected chi connectivity index (χ3v) is 1.83. The van der Waals surface area contributed by atoms with Crippen LogP contribution in [0.5, 0.6) is 0 Å². The molecule has 0 aromatic heterocycles. The second kappa shape index (κ2) is 8.31. The summed E-state index contributed by atoms with van der Waals surface area (Å²) in [5.74, 6) is -1.86. The standard InChI is InChI=1S/C10H17N3O5/c1-6(13-18-10(16)7(2)11)4-17-5-8(12-3)9(14)15/h8,11-12H,4-5H2,1-3H3,(H,14,15)/b11-7?,13-6+/t8-/m0/s1. The Balaban J connectivity index is 3.99. The van der Waals surface area contributed by atoms with Gasteiger partial charge < -0.3 is 20.0 Å². The van der Waals surface area contributed by atoms with Crippen LogP contribution in [-0.2, 0) is 19.2 Å². The van der Waals surface area contributed by atoms with Crippen LogP contribution in [0.1, 0.15) is 13.8 Å². The van der Waals surface area contributed by atoms with Crippen molar-refractivity contribution in [2.45, 2.75) is 19.9 Å². The highest BCUT2D eigenvalue weighted by molar-refractivity contribution is 6.34. The molecule has 0 fully saturated rings. The molecular formula is C10H17N3O5. The van der Waals surface area contributed by atoms with Crippen molar-refractivity contribution in [2.75, 3.05) is 20.3 Å². The van der Waals surface area contributed by atoms with E-state index in [2.05, 4.69) is 15.3 Å². The molecule has 0 spiro atoms. The van der Waals surface area contributed by atoms with E-state index in [1.54, 1.807) is 6.92 Å². The topological polar surface area (TPSA) is 121 Å². The van der Waals surface area contributed by atoms with Crippen molar-refractivity contribution >= 4 is 23.4 Å². The third-order valence-electron chi connectivity index (χ3n) is 1.83. The van der Waals surface area contributed by atoms with Crippen LogP contribution in [0.3, 0.4) is 0 Å². The molecule has 0 saturated heterocycles. The summed E-state index contributed by atoms with van der Waals surface area (Å²) < 4.78 is 5.08. The van der Waals surface area contributed by atoms with E-state index in [9.17, 15) is 9.59 Å². The molecule has 0 aromatic rings. The van der Waals surface area contributed by atoms with Gasteiger partial charge in [-0.15, -0.1) is 0 Å². The molecule has 0 heterocycles. The zero-order valence-electron chi connectivity index (χ0n) is 10.5. The third kappa shape index (κ3) is 6.71. The van der Waals surface area contributed by atoms with Crippen LogP contribution in [0, 0.1) is 5.41 Å². The fraction of sp³-hybridized carbons (Fsp3) is 0.600. The number of hydrogen-bond donors (Lipinski definition) is 3. The van der Waals surface area contributed by atoms with Crippen LogP contribution in [-0.4, -0.2) is 54.8 Å². The highest BCUT2D eigenvalue weighted by atomic mass is 16.7. The summed E-state index contributed by atoms with van der Waals surface area (Å²) in [6.45, 7) is 2.85. The normalized spacial score (nSPS) is 12.9. The second-order valence-electron chi connectivity index (χ2n) is 3.52. The van der Waals surface area contributed by atoms with E-state index in [0.29, 0.717) is 5.71 Å². The maximum Gasteiger partial charge on any atom is 0.378 e. The molecule has 0 saturated carbocycles. The molecule has 0 aliphatic rings. The van der Waals surface area contributed by atoms with Crippen molar-refractivity contribution in [1.82, 2.24) is 5.32 Å². The lowest BCUT2D eigenvalue weighted by Crippen LogP contribution is -2.38. The number of aliphatic carboxylic acids is 1. The minimum absolute atomic E-state index is 0.0315. The highest BCUT2D eigenvalue weighted by Crippen LogP contribution is 1.90. The van der Waals surface area contributed by atoms with Crippen molar-refractivity contribution in [3.05, 3.63) is 0 Å². The molecule has 0 aromatic carbocycles. The number of carboxylic acid groups (broad SMARTS) is 1. The molecule has 0 bridgehead atoms. The lowest BCUT2D eigenvalue weighted by atomic mass is 10.3. The Bertz CT molecular complexity index is 353. The van der Waals surface area contributed by atoms with Gasteiger partial charge in [-0.2, -0.15) is 0 Å². The molecule has 1 atom stereocenters. The Hall–Kier alpha value is -1.80. The smallest absolute Gasteiger partial charge is 0.378 e. The molecule has 0 aliphatic carbocycles. The van der Waals surface area contributed by atoms with Gasteiger partial charge in [-0.05, 0) is 20.9 Å². The van der Waals surface area contributed by atoms with Crippen LogP contribution >= 0.6 is 0 Å². The van der Waals surface area contributed by atoms with E-state index in [0.717, 1.165) is 0 Å². The number of hydrogen-bond acceptors (Lipinski definition) is 7. The molecule has 18 heavy (non-hydrogen) atoms. The quantitative estimate of drug-likeness (QED) is 0.311. The Labute approximate surface area is 104 Å². The van der Waals surface area contributed by atoms with E-state index < -0.39 is 18.0 Å². The van der Waals surface area contributed by atoms with E-state index in [1.165, 1.54) is 14.0 Å². The average molecular weight is 259 g/mol. The van der Waals surface area contributed by atoms with Crippen molar-refractivity contribution in [3.63, 3.8) is 0 Å². The van der Waals surface area contributed by atoms with Gasteiger partial charge in [-0.1, -0.05) is 5.16 Å². The summed E-state index contributed by atoms with van der Waals surface area (Å²) in [5, 5.41) is 21.7. The van der Waals surface area contributed by atoms with Crippen molar-refractivity contribution in [3.8, 4) is 0 Å². The Morgan fingerprint density at radius 2 is 2.06 bits per heavy atom. The molecule has 3 N–H and O–H groups in total. The van der Waals surface area contributed by atoms with E-state index >= 15 is 0 Å². The van der Waals surface area contributed by atoms with Crippen molar-refractivity contribution in [1.29, 1.82) is 5.41 Å². The minimum atomic E-state index is -1.02. The fourth-order valence-corrected chi connectivity index (χ4v) is 0.817. The predicted molar refractivity (Wildman–Crippen MR) is 63.9 cm³/mol. The number of ether oxygens (including phenoxy) is 1. The van der Waals surface area contributed by atoms with Crippen LogP contribution in [0.4, 0.5) is 0 Å². The van der Waals surface area contributed by atoms with Crippen molar-refractivity contribution < 1.29 is 24.3 Å². The molecule has 0 amide bonds. The molecular weight excluding hydrogens is 242 g/mol. The zero-order chi connectivity index (χ0) is 14.1. The summed E-state index contributed by atoms with van der Waals surface area (Å²) in [4.78, 5) is 25.9. The van der Waals surface area contributed by atoms with Crippen LogP contribution in [0.2, 0.25) is 0 Å². The lowest BCUT2D eigenvalue weighted by Gasteiger charge is -2.11. The maximum absolute atomic E-state index is 10.9. The molecule has 0 unspecified atom stereocenters. The number of oxime groups is 1. The first kappa shape index (κ1) is 16.2. The van der Waals surface area contributed by atoms with E-state index in [-0.39, 0.29) is 18.9 Å². The van der Waals surface area contributed by atoms with Gasteiger partial charge in [0.15, 0.2) is 0 Å². The van der Waals surface area contributed by atoms with Gasteiger partial charge in [0, 0.05) is 0 Å². The van der Waals surface area contributed by atoms with Crippen molar-refractivity contribution in [2.24, 2.45) is 5.16 Å². The number of rotatable bonds is 8. The van der Waals surface area contributed by atoms with Gasteiger partial charge >= 0.3 is 11.9 Å². The SMILES string of the molecule is CN[C@@H](COC/C(C)=N/OC(=O)C(C)=N)C(=O)O. The van der Waals surface area contributed by atoms with Gasteiger partial charge in [-0.3, -0.25) is 10.2 Å². The van der Waals surface area contributed by atoms with Gasteiger partial charge in [-0.25, -0.2) is 4.79 Å². The molecule has 0 radical (unpaired) electrons. The average Bonchev–Trinajstić information content (AvgIpc) is 2.30. The number of carbonyl (C=O) groups is 2. The Morgan fingerprint density at radius 1 is 1.44 bits per heavy atom. The van der Waals surface area contributed by atoms with Gasteiger partial charge in [0.05, 0.1) is 18.9 Å². The number of carboxylic acids is 1. The molecule has 8 heteroatoms.